The highest BCUT2D eigenvalue weighted by atomic mass is 16.5. The molecule has 7 nitrogen and oxygen atoms in total. The van der Waals surface area contributed by atoms with Crippen molar-refractivity contribution in [1.82, 2.24) is 15.0 Å². The van der Waals surface area contributed by atoms with Gasteiger partial charge >= 0.3 is 0 Å². The molecule has 0 radical (unpaired) electrons. The van der Waals surface area contributed by atoms with Gasteiger partial charge in [-0.05, 0) is 55.9 Å². The predicted octanol–water partition coefficient (Wildman–Crippen LogP) is 3.84. The Kier molecular flexibility index (Phi) is 6.23. The van der Waals surface area contributed by atoms with E-state index in [2.05, 4.69) is 19.0 Å². The van der Waals surface area contributed by atoms with Crippen LogP contribution in [0.25, 0.3) is 0 Å². The molecule has 0 bridgehead atoms. The Morgan fingerprint density at radius 3 is 2.74 bits per heavy atom. The Hall–Kier alpha value is -2.67. The van der Waals surface area contributed by atoms with E-state index in [1.807, 2.05) is 35.2 Å². The molecular formula is C27H35N3O4. The second kappa shape index (κ2) is 9.17. The van der Waals surface area contributed by atoms with E-state index in [1.165, 1.54) is 0 Å². The van der Waals surface area contributed by atoms with Gasteiger partial charge in [-0.25, -0.2) is 0 Å². The minimum absolute atomic E-state index is 0.0779. The number of nitrogens with zero attached hydrogens (tertiary/aromatic N) is 3. The first kappa shape index (κ1) is 23.1. The Balaban J connectivity index is 1.38. The number of amides is 2. The van der Waals surface area contributed by atoms with Crippen LogP contribution in [0.15, 0.2) is 40.9 Å². The van der Waals surface area contributed by atoms with Crippen LogP contribution in [-0.4, -0.2) is 57.6 Å². The van der Waals surface area contributed by atoms with E-state index in [0.717, 1.165) is 36.9 Å². The van der Waals surface area contributed by atoms with E-state index in [4.69, 9.17) is 4.52 Å². The topological polar surface area (TPSA) is 86.9 Å². The van der Waals surface area contributed by atoms with Crippen molar-refractivity contribution in [2.75, 3.05) is 19.6 Å². The second-order valence-electron chi connectivity index (χ2n) is 10.9. The molecule has 7 heteroatoms. The maximum atomic E-state index is 14.1. The van der Waals surface area contributed by atoms with Crippen LogP contribution in [0.3, 0.4) is 0 Å². The molecule has 1 saturated carbocycles. The third kappa shape index (κ3) is 4.50. The quantitative estimate of drug-likeness (QED) is 0.700. The first-order chi connectivity index (χ1) is 16.4. The van der Waals surface area contributed by atoms with Crippen molar-refractivity contribution in [2.45, 2.75) is 64.5 Å². The Morgan fingerprint density at radius 1 is 1.26 bits per heavy atom. The van der Waals surface area contributed by atoms with Crippen molar-refractivity contribution in [3.63, 3.8) is 0 Å². The number of carbonyl (C=O) groups excluding carboxylic acids is 2. The Morgan fingerprint density at radius 2 is 2.03 bits per heavy atom. The van der Waals surface area contributed by atoms with Crippen molar-refractivity contribution in [2.24, 2.45) is 17.3 Å². The molecule has 1 N–H and O–H groups in total. The standard InChI is InChI=1S/C27H35N3O4/c1-18(2)13-21-14-23(34-28-21)25(32)29-12-6-11-27(17-29)15-22(31)24(20-7-4-3-5-8-20)30(26(27)33)16-19-9-10-19/h3-5,7-8,14,18-19,22,24,31H,6,9-13,15-17H2,1-2H3/t22-,24+,27-/m1/s1. The molecule has 2 aliphatic heterocycles. The van der Waals surface area contributed by atoms with Crippen molar-refractivity contribution in [3.05, 3.63) is 53.4 Å². The summed E-state index contributed by atoms with van der Waals surface area (Å²) in [6.07, 6.45) is 4.12. The lowest BCUT2D eigenvalue weighted by molar-refractivity contribution is -0.164. The van der Waals surface area contributed by atoms with Crippen molar-refractivity contribution in [1.29, 1.82) is 0 Å². The summed E-state index contributed by atoms with van der Waals surface area (Å²) in [6.45, 7) is 5.76. The fraction of sp³-hybridized carbons (Fsp3) is 0.593. The number of benzene rings is 1. The average Bonchev–Trinajstić information content (AvgIpc) is 3.52. The molecule has 3 fully saturated rings. The van der Waals surface area contributed by atoms with Gasteiger partial charge in [-0.15, -0.1) is 0 Å². The van der Waals surface area contributed by atoms with Crippen LogP contribution in [0.4, 0.5) is 0 Å². The molecule has 3 aliphatic rings. The smallest absolute Gasteiger partial charge is 0.292 e. The Bertz CT molecular complexity index is 1030. The van der Waals surface area contributed by atoms with E-state index in [0.29, 0.717) is 44.3 Å². The highest BCUT2D eigenvalue weighted by Gasteiger charge is 2.54. The second-order valence-corrected chi connectivity index (χ2v) is 10.9. The van der Waals surface area contributed by atoms with Crippen LogP contribution in [0.5, 0.6) is 0 Å². The molecule has 34 heavy (non-hydrogen) atoms. The fourth-order valence-electron chi connectivity index (χ4n) is 5.79. The molecular weight excluding hydrogens is 430 g/mol. The largest absolute Gasteiger partial charge is 0.391 e. The number of aliphatic hydroxyl groups is 1. The fourth-order valence-corrected chi connectivity index (χ4v) is 5.79. The number of carbonyl (C=O) groups is 2. The number of piperidine rings is 2. The lowest BCUT2D eigenvalue weighted by Crippen LogP contribution is -2.61. The van der Waals surface area contributed by atoms with Gasteiger partial charge in [-0.2, -0.15) is 0 Å². The molecule has 2 aromatic rings. The van der Waals surface area contributed by atoms with Crippen LogP contribution in [0, 0.1) is 17.3 Å². The van der Waals surface area contributed by atoms with Gasteiger partial charge < -0.3 is 19.4 Å². The molecule has 1 aromatic heterocycles. The molecule has 0 unspecified atom stereocenters. The summed E-state index contributed by atoms with van der Waals surface area (Å²) >= 11 is 0. The van der Waals surface area contributed by atoms with E-state index in [-0.39, 0.29) is 23.6 Å². The molecule has 2 saturated heterocycles. The molecule has 1 spiro atoms. The van der Waals surface area contributed by atoms with E-state index in [9.17, 15) is 14.7 Å². The first-order valence-electron chi connectivity index (χ1n) is 12.7. The molecule has 182 valence electrons. The maximum Gasteiger partial charge on any atom is 0.292 e. The van der Waals surface area contributed by atoms with E-state index in [1.54, 1.807) is 11.0 Å². The number of hydrogen-bond donors (Lipinski definition) is 1. The molecule has 1 aromatic carbocycles. The van der Waals surface area contributed by atoms with Gasteiger partial charge in [0.25, 0.3) is 5.91 Å². The maximum absolute atomic E-state index is 14.1. The van der Waals surface area contributed by atoms with Crippen LogP contribution in [-0.2, 0) is 11.2 Å². The summed E-state index contributed by atoms with van der Waals surface area (Å²) in [5.41, 5.74) is 0.992. The van der Waals surface area contributed by atoms with Crippen LogP contribution in [0.2, 0.25) is 0 Å². The van der Waals surface area contributed by atoms with Gasteiger partial charge in [0.1, 0.15) is 0 Å². The molecule has 2 amide bonds. The van der Waals surface area contributed by atoms with Crippen molar-refractivity contribution >= 4 is 11.8 Å². The van der Waals surface area contributed by atoms with Gasteiger partial charge in [0.05, 0.1) is 23.3 Å². The van der Waals surface area contributed by atoms with Crippen molar-refractivity contribution < 1.29 is 19.2 Å². The highest BCUT2D eigenvalue weighted by Crippen LogP contribution is 2.47. The number of aliphatic hydroxyl groups excluding tert-OH is 1. The zero-order valence-electron chi connectivity index (χ0n) is 20.2. The predicted molar refractivity (Wildman–Crippen MR) is 127 cm³/mol. The van der Waals surface area contributed by atoms with Gasteiger partial charge in [-0.1, -0.05) is 49.3 Å². The van der Waals surface area contributed by atoms with E-state index >= 15 is 0 Å². The van der Waals surface area contributed by atoms with Gasteiger partial charge in [-0.3, -0.25) is 9.59 Å². The zero-order chi connectivity index (χ0) is 23.9. The molecule has 1 aliphatic carbocycles. The lowest BCUT2D eigenvalue weighted by atomic mass is 9.69. The normalized spacial score (nSPS) is 27.6. The summed E-state index contributed by atoms with van der Waals surface area (Å²) in [5, 5.41) is 15.4. The van der Waals surface area contributed by atoms with Crippen LogP contribution in [0.1, 0.15) is 73.8 Å². The third-order valence-electron chi connectivity index (χ3n) is 7.56. The number of likely N-dealkylation sites (tertiary alicyclic amines) is 2. The molecule has 5 rings (SSSR count). The van der Waals surface area contributed by atoms with Crippen LogP contribution < -0.4 is 0 Å². The van der Waals surface area contributed by atoms with E-state index < -0.39 is 11.5 Å². The van der Waals surface area contributed by atoms with Crippen molar-refractivity contribution in [3.8, 4) is 0 Å². The molecule has 3 atom stereocenters. The zero-order valence-corrected chi connectivity index (χ0v) is 20.2. The number of hydrogen-bond acceptors (Lipinski definition) is 5. The summed E-state index contributed by atoms with van der Waals surface area (Å²) in [4.78, 5) is 31.0. The summed E-state index contributed by atoms with van der Waals surface area (Å²) in [5.74, 6) is 1.01. The van der Waals surface area contributed by atoms with Crippen LogP contribution >= 0.6 is 0 Å². The highest BCUT2D eigenvalue weighted by molar-refractivity contribution is 5.93. The Labute approximate surface area is 201 Å². The minimum Gasteiger partial charge on any atom is -0.391 e. The SMILES string of the molecule is CC(C)Cc1cc(C(=O)N2CCC[C@@]3(C[C@@H](O)[C@H](c4ccccc4)N(CC4CC4)C3=O)C2)on1. The minimum atomic E-state index is -0.756. The number of rotatable bonds is 6. The average molecular weight is 466 g/mol. The summed E-state index contributed by atoms with van der Waals surface area (Å²) < 4.78 is 5.38. The first-order valence-corrected chi connectivity index (χ1v) is 12.7. The monoisotopic (exact) mass is 465 g/mol. The summed E-state index contributed by atoms with van der Waals surface area (Å²) in [7, 11) is 0. The van der Waals surface area contributed by atoms with Gasteiger partial charge in [0.15, 0.2) is 0 Å². The summed E-state index contributed by atoms with van der Waals surface area (Å²) in [6, 6.07) is 11.2. The number of aromatic nitrogens is 1. The van der Waals surface area contributed by atoms with Gasteiger partial charge in [0.2, 0.25) is 11.7 Å². The third-order valence-corrected chi connectivity index (χ3v) is 7.56. The van der Waals surface area contributed by atoms with Gasteiger partial charge in [0, 0.05) is 25.7 Å². The lowest BCUT2D eigenvalue weighted by Gasteiger charge is -2.52. The molecule has 3 heterocycles.